The summed E-state index contributed by atoms with van der Waals surface area (Å²) in [5, 5.41) is 9.71. The highest BCUT2D eigenvalue weighted by molar-refractivity contribution is 6.14. The first kappa shape index (κ1) is 40.4. The van der Waals surface area contributed by atoms with E-state index < -0.39 is 5.41 Å². The summed E-state index contributed by atoms with van der Waals surface area (Å²) in [7, 11) is 0. The van der Waals surface area contributed by atoms with E-state index in [4.69, 9.17) is 4.98 Å². The van der Waals surface area contributed by atoms with Crippen LogP contribution in [0.1, 0.15) is 37.5 Å². The van der Waals surface area contributed by atoms with E-state index in [1.807, 2.05) is 0 Å². The van der Waals surface area contributed by atoms with Crippen LogP contribution in [0, 0.1) is 13.8 Å². The number of hydrogen-bond acceptors (Lipinski definition) is 1. The first-order chi connectivity index (χ1) is 34.2. The third-order valence-corrected chi connectivity index (χ3v) is 14.8. The van der Waals surface area contributed by atoms with E-state index in [2.05, 4.69) is 259 Å². The first-order valence-electron chi connectivity index (χ1n) is 24.4. The van der Waals surface area contributed by atoms with Gasteiger partial charge in [0.05, 0.1) is 49.8 Å². The average Bonchev–Trinajstić information content (AvgIpc) is 4.10. The van der Waals surface area contributed by atoms with Crippen molar-refractivity contribution in [1.29, 1.82) is 0 Å². The number of para-hydroxylation sites is 6. The van der Waals surface area contributed by atoms with E-state index in [9.17, 15) is 0 Å². The maximum absolute atomic E-state index is 6.25. The predicted molar refractivity (Wildman–Crippen MR) is 295 cm³/mol. The summed E-state index contributed by atoms with van der Waals surface area (Å²) >= 11 is 0. The van der Waals surface area contributed by atoms with Gasteiger partial charge in [-0.2, -0.15) is 0 Å². The maximum Gasteiger partial charge on any atom is 0.164 e. The van der Waals surface area contributed by atoms with Crippen molar-refractivity contribution in [3.63, 3.8) is 0 Å². The van der Waals surface area contributed by atoms with Crippen molar-refractivity contribution in [3.8, 4) is 34.1 Å². The molecule has 5 nitrogen and oxygen atoms in total. The van der Waals surface area contributed by atoms with Crippen LogP contribution in [0.5, 0.6) is 0 Å². The minimum absolute atomic E-state index is 0.415. The Balaban J connectivity index is 1.19. The Morgan fingerprint density at radius 1 is 0.329 bits per heavy atom. The van der Waals surface area contributed by atoms with Crippen molar-refractivity contribution < 1.29 is 0 Å². The van der Waals surface area contributed by atoms with E-state index in [1.165, 1.54) is 70.8 Å². The topological polar surface area (TPSA) is 32.6 Å². The molecule has 5 aromatic heterocycles. The molecule has 0 aliphatic rings. The fourth-order valence-corrected chi connectivity index (χ4v) is 11.8. The minimum Gasteiger partial charge on any atom is -0.309 e. The highest BCUT2D eigenvalue weighted by Gasteiger charge is 2.34. The van der Waals surface area contributed by atoms with Gasteiger partial charge in [0.25, 0.3) is 0 Å². The summed E-state index contributed by atoms with van der Waals surface area (Å²) < 4.78 is 9.84. The second-order valence-electron chi connectivity index (χ2n) is 20.1. The number of nitrogens with zero attached hydrogens (tertiary/aromatic N) is 5. The van der Waals surface area contributed by atoms with Crippen LogP contribution in [0.3, 0.4) is 0 Å². The SMILES string of the molecule is Cc1ccc2c3ccc(C)cc3n(-c3ccc(-c4c(-n5c6ccccc6c6ccccc65)nc(-n5c6ccccc6c6ccccc65)c(-n5c6ccccc6c6ccccc65)c4C(C)(C)C)cc3)c2c1. The van der Waals surface area contributed by atoms with Crippen LogP contribution >= 0.6 is 0 Å². The van der Waals surface area contributed by atoms with Crippen molar-refractivity contribution in [2.75, 3.05) is 0 Å². The van der Waals surface area contributed by atoms with Crippen LogP contribution < -0.4 is 0 Å². The number of aryl methyl sites for hydroxylation is 2. The average molecular weight is 900 g/mol. The van der Waals surface area contributed by atoms with Crippen LogP contribution in [0.15, 0.2) is 206 Å². The molecule has 5 heteroatoms. The number of hydrogen-bond donors (Lipinski definition) is 0. The fourth-order valence-electron chi connectivity index (χ4n) is 11.8. The molecule has 0 saturated carbocycles. The summed E-state index contributed by atoms with van der Waals surface area (Å²) in [5.41, 5.74) is 16.8. The zero-order valence-electron chi connectivity index (χ0n) is 39.9. The number of aromatic nitrogens is 5. The molecule has 0 unspecified atom stereocenters. The molecule has 0 aliphatic carbocycles. The van der Waals surface area contributed by atoms with Crippen molar-refractivity contribution in [2.24, 2.45) is 0 Å². The molecule has 14 rings (SSSR count). The fraction of sp³-hybridized carbons (Fsp3) is 0.0923. The predicted octanol–water partition coefficient (Wildman–Crippen LogP) is 17.1. The third-order valence-electron chi connectivity index (χ3n) is 14.8. The van der Waals surface area contributed by atoms with E-state index in [0.29, 0.717) is 0 Å². The van der Waals surface area contributed by atoms with Crippen LogP contribution in [-0.2, 0) is 5.41 Å². The number of fused-ring (bicyclic) bond motifs is 12. The third kappa shape index (κ3) is 5.75. The van der Waals surface area contributed by atoms with E-state index in [0.717, 1.165) is 67.2 Å². The van der Waals surface area contributed by atoms with Gasteiger partial charge in [-0.15, -0.1) is 0 Å². The molecule has 9 aromatic carbocycles. The molecule has 70 heavy (non-hydrogen) atoms. The normalized spacial score (nSPS) is 12.4. The molecular weight excluding hydrogens is 851 g/mol. The lowest BCUT2D eigenvalue weighted by Crippen LogP contribution is -2.22. The number of pyridine rings is 1. The zero-order valence-corrected chi connectivity index (χ0v) is 39.9. The van der Waals surface area contributed by atoms with Crippen molar-refractivity contribution in [2.45, 2.75) is 40.0 Å². The molecule has 0 N–H and O–H groups in total. The van der Waals surface area contributed by atoms with Gasteiger partial charge in [-0.05, 0) is 102 Å². The Kier molecular flexibility index (Phi) is 8.61. The molecule has 0 amide bonds. The lowest BCUT2D eigenvalue weighted by molar-refractivity contribution is 0.587. The Morgan fingerprint density at radius 2 is 0.671 bits per heavy atom. The lowest BCUT2D eigenvalue weighted by atomic mass is 9.80. The number of rotatable bonds is 5. The second-order valence-corrected chi connectivity index (χ2v) is 20.1. The molecule has 0 aliphatic heterocycles. The summed E-state index contributed by atoms with van der Waals surface area (Å²) in [4.78, 5) is 6.25. The summed E-state index contributed by atoms with van der Waals surface area (Å²) in [5.74, 6) is 1.77. The smallest absolute Gasteiger partial charge is 0.164 e. The van der Waals surface area contributed by atoms with Crippen molar-refractivity contribution >= 4 is 87.2 Å². The van der Waals surface area contributed by atoms with Crippen LogP contribution in [0.4, 0.5) is 0 Å². The van der Waals surface area contributed by atoms with Crippen molar-refractivity contribution in [1.82, 2.24) is 23.3 Å². The monoisotopic (exact) mass is 899 g/mol. The lowest BCUT2D eigenvalue weighted by Gasteiger charge is -2.32. The van der Waals surface area contributed by atoms with Crippen LogP contribution in [-0.4, -0.2) is 23.3 Å². The zero-order chi connectivity index (χ0) is 47.0. The van der Waals surface area contributed by atoms with Gasteiger partial charge in [-0.3, -0.25) is 9.13 Å². The van der Waals surface area contributed by atoms with Gasteiger partial charge in [-0.25, -0.2) is 4.98 Å². The second kappa shape index (κ2) is 14.9. The Bertz CT molecular complexity index is 4250. The summed E-state index contributed by atoms with van der Waals surface area (Å²) in [6.45, 7) is 11.5. The molecule has 5 heterocycles. The maximum atomic E-state index is 6.25. The van der Waals surface area contributed by atoms with Gasteiger partial charge >= 0.3 is 0 Å². The van der Waals surface area contributed by atoms with Gasteiger partial charge in [0, 0.05) is 54.3 Å². The van der Waals surface area contributed by atoms with Crippen LogP contribution in [0.25, 0.3) is 121 Å². The van der Waals surface area contributed by atoms with E-state index >= 15 is 0 Å². The molecule has 14 aromatic rings. The van der Waals surface area contributed by atoms with Gasteiger partial charge in [0.1, 0.15) is 5.82 Å². The minimum atomic E-state index is -0.415. The molecular formula is C65H49N5. The van der Waals surface area contributed by atoms with E-state index in [1.54, 1.807) is 0 Å². The Morgan fingerprint density at radius 3 is 1.06 bits per heavy atom. The largest absolute Gasteiger partial charge is 0.309 e. The Hall–Kier alpha value is -8.67. The highest BCUT2D eigenvalue weighted by Crippen LogP contribution is 2.49. The molecule has 0 saturated heterocycles. The molecule has 0 radical (unpaired) electrons. The van der Waals surface area contributed by atoms with Gasteiger partial charge < -0.3 is 9.13 Å². The quantitative estimate of drug-likeness (QED) is 0.169. The molecule has 334 valence electrons. The van der Waals surface area contributed by atoms with Gasteiger partial charge in [0.15, 0.2) is 5.82 Å². The summed E-state index contributed by atoms with van der Waals surface area (Å²) in [6, 6.07) is 76.0. The Labute approximate surface area is 405 Å². The van der Waals surface area contributed by atoms with Gasteiger partial charge in [0.2, 0.25) is 0 Å². The van der Waals surface area contributed by atoms with Crippen molar-refractivity contribution in [3.05, 3.63) is 223 Å². The van der Waals surface area contributed by atoms with Gasteiger partial charge in [-0.1, -0.05) is 166 Å². The standard InChI is InChI=1S/C65H49N5/c1-40-30-36-50-51-37-31-41(2)39-59(51)67(58(50)38-40)43-34-32-42(33-35-43)60-61(65(3,4)5)62(68-52-24-12-6-18-44(52)45-19-7-13-25-53(45)68)64(70-56-28-16-10-22-48(56)49-23-11-17-29-57(49)70)66-63(60)69-54-26-14-8-20-46(54)47-21-9-15-27-55(47)69/h6-39H,1-5H3. The molecule has 0 fully saturated rings. The van der Waals surface area contributed by atoms with E-state index in [-0.39, 0.29) is 0 Å². The molecule has 0 spiro atoms. The molecule has 0 atom stereocenters. The number of benzene rings is 9. The molecule has 0 bridgehead atoms. The summed E-state index contributed by atoms with van der Waals surface area (Å²) in [6.07, 6.45) is 0. The first-order valence-corrected chi connectivity index (χ1v) is 24.4. The van der Waals surface area contributed by atoms with Crippen LogP contribution in [0.2, 0.25) is 0 Å². The highest BCUT2D eigenvalue weighted by atomic mass is 15.2.